The Hall–Kier alpha value is -1.88. The number of hydrogen-bond donors (Lipinski definition) is 0. The van der Waals surface area contributed by atoms with Crippen LogP contribution in [0.5, 0.6) is 0 Å². The van der Waals surface area contributed by atoms with Gasteiger partial charge in [0.2, 0.25) is 0 Å². The maximum atomic E-state index is 12.8. The van der Waals surface area contributed by atoms with E-state index in [1.54, 1.807) is 24.2 Å². The summed E-state index contributed by atoms with van der Waals surface area (Å²) in [5.41, 5.74) is 1.63. The SMILES string of the molecule is CCSc1ccc(C(=O)N2CCC[C@H]2c2ccccn2)cn1. The van der Waals surface area contributed by atoms with Gasteiger partial charge in [-0.3, -0.25) is 9.78 Å². The Bertz CT molecular complexity index is 630. The number of carbonyl (C=O) groups is 1. The van der Waals surface area contributed by atoms with Gasteiger partial charge in [-0.2, -0.15) is 0 Å². The Labute approximate surface area is 135 Å². The molecule has 1 aliphatic rings. The van der Waals surface area contributed by atoms with Gasteiger partial charge in [-0.25, -0.2) is 4.98 Å². The van der Waals surface area contributed by atoms with E-state index in [2.05, 4.69) is 16.9 Å². The first-order valence-electron chi connectivity index (χ1n) is 7.60. The third-order valence-electron chi connectivity index (χ3n) is 3.82. The second kappa shape index (κ2) is 6.92. The van der Waals surface area contributed by atoms with E-state index in [4.69, 9.17) is 0 Å². The molecule has 0 radical (unpaired) electrons. The normalized spacial score (nSPS) is 17.7. The van der Waals surface area contributed by atoms with E-state index in [1.807, 2.05) is 35.2 Å². The summed E-state index contributed by atoms with van der Waals surface area (Å²) < 4.78 is 0. The van der Waals surface area contributed by atoms with Gasteiger partial charge < -0.3 is 4.90 Å². The molecule has 0 aliphatic carbocycles. The lowest BCUT2D eigenvalue weighted by Crippen LogP contribution is -2.31. The number of hydrogen-bond acceptors (Lipinski definition) is 4. The van der Waals surface area contributed by atoms with Gasteiger partial charge in [0.05, 0.1) is 22.3 Å². The number of thioether (sulfide) groups is 1. The summed E-state index contributed by atoms with van der Waals surface area (Å²) in [5.74, 6) is 1.03. The fraction of sp³-hybridized carbons (Fsp3) is 0.353. The topological polar surface area (TPSA) is 46.1 Å². The number of likely N-dealkylation sites (tertiary alicyclic amines) is 1. The second-order valence-electron chi connectivity index (χ2n) is 5.23. The van der Waals surface area contributed by atoms with Crippen LogP contribution in [-0.2, 0) is 0 Å². The summed E-state index contributed by atoms with van der Waals surface area (Å²) in [5, 5.41) is 0.960. The molecule has 1 amide bonds. The van der Waals surface area contributed by atoms with Gasteiger partial charge in [-0.05, 0) is 42.9 Å². The minimum atomic E-state index is 0.0497. The van der Waals surface area contributed by atoms with Crippen LogP contribution in [0.25, 0.3) is 0 Å². The zero-order valence-corrected chi connectivity index (χ0v) is 13.4. The van der Waals surface area contributed by atoms with Crippen LogP contribution in [0.1, 0.15) is 41.9 Å². The number of rotatable bonds is 4. The van der Waals surface area contributed by atoms with Crippen LogP contribution in [0.15, 0.2) is 47.8 Å². The molecule has 0 saturated carbocycles. The summed E-state index contributed by atoms with van der Waals surface area (Å²) >= 11 is 1.68. The molecule has 0 bridgehead atoms. The van der Waals surface area contributed by atoms with Crippen LogP contribution in [0, 0.1) is 0 Å². The maximum absolute atomic E-state index is 12.8. The molecule has 0 unspecified atom stereocenters. The molecule has 1 aliphatic heterocycles. The van der Waals surface area contributed by atoms with E-state index in [0.29, 0.717) is 5.56 Å². The van der Waals surface area contributed by atoms with Gasteiger partial charge in [-0.1, -0.05) is 13.0 Å². The van der Waals surface area contributed by atoms with Crippen LogP contribution < -0.4 is 0 Å². The molecule has 114 valence electrons. The van der Waals surface area contributed by atoms with Crippen LogP contribution >= 0.6 is 11.8 Å². The Balaban J connectivity index is 1.78. The quantitative estimate of drug-likeness (QED) is 0.810. The average Bonchev–Trinajstić information content (AvgIpc) is 3.06. The van der Waals surface area contributed by atoms with Crippen LogP contribution in [0.3, 0.4) is 0 Å². The smallest absolute Gasteiger partial charge is 0.255 e. The van der Waals surface area contributed by atoms with Crippen molar-refractivity contribution >= 4 is 17.7 Å². The number of amides is 1. The summed E-state index contributed by atoms with van der Waals surface area (Å²) in [6, 6.07) is 9.75. The predicted molar refractivity (Wildman–Crippen MR) is 87.9 cm³/mol. The first-order chi connectivity index (χ1) is 10.8. The zero-order valence-electron chi connectivity index (χ0n) is 12.6. The second-order valence-corrected chi connectivity index (χ2v) is 6.51. The fourth-order valence-corrected chi connectivity index (χ4v) is 3.38. The lowest BCUT2D eigenvalue weighted by molar-refractivity contribution is 0.0732. The van der Waals surface area contributed by atoms with Gasteiger partial charge in [-0.15, -0.1) is 11.8 Å². The molecule has 1 atom stereocenters. The third-order valence-corrected chi connectivity index (χ3v) is 4.64. The first kappa shape index (κ1) is 15.0. The molecule has 0 N–H and O–H groups in total. The molecular weight excluding hydrogens is 294 g/mol. The molecule has 4 nitrogen and oxygen atoms in total. The van der Waals surface area contributed by atoms with Crippen molar-refractivity contribution in [1.82, 2.24) is 14.9 Å². The molecule has 3 rings (SSSR count). The van der Waals surface area contributed by atoms with E-state index in [0.717, 1.165) is 35.9 Å². The lowest BCUT2D eigenvalue weighted by Gasteiger charge is -2.24. The molecule has 22 heavy (non-hydrogen) atoms. The molecule has 3 heterocycles. The van der Waals surface area contributed by atoms with Crippen LogP contribution in [-0.4, -0.2) is 33.1 Å². The van der Waals surface area contributed by atoms with E-state index < -0.39 is 0 Å². The molecule has 2 aromatic heterocycles. The standard InChI is InChI=1S/C17H19N3OS/c1-2-22-16-9-8-13(12-19-16)17(21)20-11-5-7-15(20)14-6-3-4-10-18-14/h3-4,6,8-10,12,15H,2,5,7,11H2,1H3/t15-/m0/s1. The van der Waals surface area contributed by atoms with Crippen molar-refractivity contribution in [1.29, 1.82) is 0 Å². The highest BCUT2D eigenvalue weighted by Crippen LogP contribution is 2.31. The van der Waals surface area contributed by atoms with E-state index in [1.165, 1.54) is 0 Å². The zero-order chi connectivity index (χ0) is 15.4. The maximum Gasteiger partial charge on any atom is 0.255 e. The largest absolute Gasteiger partial charge is 0.330 e. The van der Waals surface area contributed by atoms with E-state index in [9.17, 15) is 4.79 Å². The molecule has 1 saturated heterocycles. The number of nitrogens with zero attached hydrogens (tertiary/aromatic N) is 3. The predicted octanol–water partition coefficient (Wildman–Crippen LogP) is 3.57. The van der Waals surface area contributed by atoms with Crippen molar-refractivity contribution in [2.24, 2.45) is 0 Å². The Morgan fingerprint density at radius 3 is 2.91 bits per heavy atom. The van der Waals surface area contributed by atoms with Crippen molar-refractivity contribution in [2.75, 3.05) is 12.3 Å². The monoisotopic (exact) mass is 313 g/mol. The molecule has 1 fully saturated rings. The summed E-state index contributed by atoms with van der Waals surface area (Å²) in [7, 11) is 0. The molecule has 0 aromatic carbocycles. The third kappa shape index (κ3) is 3.14. The molecule has 0 spiro atoms. The summed E-state index contributed by atoms with van der Waals surface area (Å²) in [6.45, 7) is 2.87. The number of pyridine rings is 2. The van der Waals surface area contributed by atoms with Crippen LogP contribution in [0.4, 0.5) is 0 Å². The highest BCUT2D eigenvalue weighted by atomic mass is 32.2. The summed E-state index contributed by atoms with van der Waals surface area (Å²) in [4.78, 5) is 23.4. The average molecular weight is 313 g/mol. The van der Waals surface area contributed by atoms with Gasteiger partial charge in [0.25, 0.3) is 5.91 Å². The van der Waals surface area contributed by atoms with Crippen molar-refractivity contribution in [3.8, 4) is 0 Å². The van der Waals surface area contributed by atoms with Crippen molar-refractivity contribution < 1.29 is 4.79 Å². The lowest BCUT2D eigenvalue weighted by atomic mass is 10.1. The Morgan fingerprint density at radius 1 is 1.32 bits per heavy atom. The number of carbonyl (C=O) groups excluding carboxylic acids is 1. The van der Waals surface area contributed by atoms with Gasteiger partial charge >= 0.3 is 0 Å². The molecular formula is C17H19N3OS. The highest BCUT2D eigenvalue weighted by molar-refractivity contribution is 7.99. The fourth-order valence-electron chi connectivity index (χ4n) is 2.80. The Kier molecular flexibility index (Phi) is 4.73. The van der Waals surface area contributed by atoms with E-state index in [-0.39, 0.29) is 11.9 Å². The minimum Gasteiger partial charge on any atom is -0.330 e. The summed E-state index contributed by atoms with van der Waals surface area (Å²) in [6.07, 6.45) is 5.47. The first-order valence-corrected chi connectivity index (χ1v) is 8.59. The highest BCUT2D eigenvalue weighted by Gasteiger charge is 2.31. The van der Waals surface area contributed by atoms with E-state index >= 15 is 0 Å². The van der Waals surface area contributed by atoms with Crippen molar-refractivity contribution in [2.45, 2.75) is 30.8 Å². The number of aromatic nitrogens is 2. The van der Waals surface area contributed by atoms with Gasteiger partial charge in [0.15, 0.2) is 0 Å². The van der Waals surface area contributed by atoms with Crippen molar-refractivity contribution in [3.63, 3.8) is 0 Å². The van der Waals surface area contributed by atoms with Gasteiger partial charge in [0, 0.05) is 18.9 Å². The molecule has 2 aromatic rings. The molecule has 5 heteroatoms. The van der Waals surface area contributed by atoms with Crippen molar-refractivity contribution in [3.05, 3.63) is 54.0 Å². The van der Waals surface area contributed by atoms with Crippen LogP contribution in [0.2, 0.25) is 0 Å². The minimum absolute atomic E-state index is 0.0497. The Morgan fingerprint density at radius 2 is 2.23 bits per heavy atom. The van der Waals surface area contributed by atoms with Gasteiger partial charge in [0.1, 0.15) is 0 Å².